The highest BCUT2D eigenvalue weighted by atomic mass is 79.9. The number of aromatic nitrogens is 1. The van der Waals surface area contributed by atoms with Crippen LogP contribution in [-0.4, -0.2) is 4.98 Å². The Kier molecular flexibility index (Phi) is 3.77. The number of nitrogens with one attached hydrogen (secondary N) is 1. The van der Waals surface area contributed by atoms with Crippen molar-refractivity contribution in [2.75, 3.05) is 5.32 Å². The van der Waals surface area contributed by atoms with Gasteiger partial charge in [-0.1, -0.05) is 0 Å². The van der Waals surface area contributed by atoms with Crippen LogP contribution in [-0.2, 0) is 6.54 Å². The zero-order valence-corrected chi connectivity index (χ0v) is 11.6. The van der Waals surface area contributed by atoms with E-state index in [-0.39, 0.29) is 0 Å². The highest BCUT2D eigenvalue weighted by Gasteiger charge is 2.02. The number of thiazole rings is 1. The summed E-state index contributed by atoms with van der Waals surface area (Å²) < 4.78 is 0.892. The van der Waals surface area contributed by atoms with Gasteiger partial charge in [-0.3, -0.25) is 0 Å². The van der Waals surface area contributed by atoms with E-state index in [1.807, 2.05) is 18.4 Å². The molecule has 0 aliphatic heterocycles. The summed E-state index contributed by atoms with van der Waals surface area (Å²) in [4.78, 5) is 4.38. The molecule has 1 aromatic carbocycles. The molecule has 2 aromatic rings. The molecule has 17 heavy (non-hydrogen) atoms. The van der Waals surface area contributed by atoms with Gasteiger partial charge in [-0.05, 0) is 41.1 Å². The summed E-state index contributed by atoms with van der Waals surface area (Å²) in [5.41, 5.74) is 2.64. The van der Waals surface area contributed by atoms with E-state index in [0.29, 0.717) is 12.1 Å². The number of hydrogen-bond acceptors (Lipinski definition) is 4. The van der Waals surface area contributed by atoms with Gasteiger partial charge in [0, 0.05) is 15.5 Å². The fraction of sp³-hybridized carbons (Fsp3) is 0.167. The number of anilines is 1. The minimum atomic E-state index is 0.645. The van der Waals surface area contributed by atoms with Crippen LogP contribution in [0, 0.1) is 18.3 Å². The summed E-state index contributed by atoms with van der Waals surface area (Å²) >= 11 is 5.08. The van der Waals surface area contributed by atoms with Crippen molar-refractivity contribution >= 4 is 33.0 Å². The maximum atomic E-state index is 8.76. The predicted molar refractivity (Wildman–Crippen MR) is 73.0 cm³/mol. The van der Waals surface area contributed by atoms with Gasteiger partial charge in [0.15, 0.2) is 0 Å². The van der Waals surface area contributed by atoms with Crippen LogP contribution >= 0.6 is 27.3 Å². The molecule has 0 spiro atoms. The molecule has 0 aliphatic rings. The average molecular weight is 308 g/mol. The van der Waals surface area contributed by atoms with Crippen LogP contribution in [0.3, 0.4) is 0 Å². The molecule has 0 aliphatic carbocycles. The summed E-state index contributed by atoms with van der Waals surface area (Å²) in [7, 11) is 0. The van der Waals surface area contributed by atoms with Crippen LogP contribution in [0.5, 0.6) is 0 Å². The van der Waals surface area contributed by atoms with E-state index >= 15 is 0 Å². The first-order valence-electron chi connectivity index (χ1n) is 5.03. The maximum Gasteiger partial charge on any atom is 0.0992 e. The highest BCUT2D eigenvalue weighted by Crippen LogP contribution is 2.24. The zero-order valence-electron chi connectivity index (χ0n) is 9.20. The molecule has 0 fully saturated rings. The molecule has 0 bridgehead atoms. The van der Waals surface area contributed by atoms with E-state index in [1.54, 1.807) is 23.5 Å². The lowest BCUT2D eigenvalue weighted by atomic mass is 10.2. The van der Waals surface area contributed by atoms with Gasteiger partial charge in [-0.25, -0.2) is 4.98 Å². The van der Waals surface area contributed by atoms with Crippen LogP contribution in [0.25, 0.3) is 0 Å². The second-order valence-corrected chi connectivity index (χ2v) is 5.43. The Morgan fingerprint density at radius 2 is 2.35 bits per heavy atom. The molecule has 2 rings (SSSR count). The molecule has 1 N–H and O–H groups in total. The summed E-state index contributed by atoms with van der Waals surface area (Å²) in [6.07, 6.45) is 0. The fourth-order valence-electron chi connectivity index (χ4n) is 1.40. The Labute approximate surface area is 112 Å². The minimum Gasteiger partial charge on any atom is -0.378 e. The second kappa shape index (κ2) is 5.30. The average Bonchev–Trinajstić information content (AvgIpc) is 2.73. The fourth-order valence-corrected chi connectivity index (χ4v) is 2.53. The smallest absolute Gasteiger partial charge is 0.0992 e. The van der Waals surface area contributed by atoms with Crippen LogP contribution in [0.2, 0.25) is 0 Å². The van der Waals surface area contributed by atoms with E-state index in [4.69, 9.17) is 5.26 Å². The van der Waals surface area contributed by atoms with Gasteiger partial charge in [0.05, 0.1) is 28.9 Å². The third-order valence-corrected chi connectivity index (χ3v) is 3.70. The number of benzene rings is 1. The largest absolute Gasteiger partial charge is 0.378 e. The van der Waals surface area contributed by atoms with Gasteiger partial charge in [-0.2, -0.15) is 5.26 Å². The highest BCUT2D eigenvalue weighted by molar-refractivity contribution is 9.10. The van der Waals surface area contributed by atoms with Crippen molar-refractivity contribution in [3.8, 4) is 6.07 Å². The number of hydrogen-bond donors (Lipinski definition) is 1. The number of aryl methyl sites for hydroxylation is 1. The third-order valence-electron chi connectivity index (χ3n) is 2.22. The SMILES string of the molecule is Cc1nc(CNc2ccc(C#N)cc2Br)cs1. The first-order chi connectivity index (χ1) is 8.19. The molecule has 0 saturated heterocycles. The Balaban J connectivity index is 2.07. The number of nitriles is 1. The molecular formula is C12H10BrN3S. The van der Waals surface area contributed by atoms with Crippen LogP contribution in [0.15, 0.2) is 28.1 Å². The lowest BCUT2D eigenvalue weighted by molar-refractivity contribution is 1.05. The van der Waals surface area contributed by atoms with Crippen molar-refractivity contribution in [3.05, 3.63) is 44.3 Å². The van der Waals surface area contributed by atoms with Crippen molar-refractivity contribution in [1.29, 1.82) is 5.26 Å². The summed E-state index contributed by atoms with van der Waals surface area (Å²) in [5.74, 6) is 0. The predicted octanol–water partition coefficient (Wildman–Crippen LogP) is 3.70. The molecule has 1 heterocycles. The minimum absolute atomic E-state index is 0.645. The van der Waals surface area contributed by atoms with Crippen molar-refractivity contribution in [3.63, 3.8) is 0 Å². The Morgan fingerprint density at radius 3 is 2.94 bits per heavy atom. The van der Waals surface area contributed by atoms with E-state index < -0.39 is 0 Å². The lowest BCUT2D eigenvalue weighted by Crippen LogP contribution is -2.00. The van der Waals surface area contributed by atoms with Crippen LogP contribution in [0.1, 0.15) is 16.3 Å². The standard InChI is InChI=1S/C12H10BrN3S/c1-8-16-10(7-17-8)6-15-12-3-2-9(5-14)4-11(12)13/h2-4,7,15H,6H2,1H3. The molecule has 0 atom stereocenters. The molecule has 3 nitrogen and oxygen atoms in total. The van der Waals surface area contributed by atoms with E-state index in [9.17, 15) is 0 Å². The van der Waals surface area contributed by atoms with Crippen molar-refractivity contribution in [2.24, 2.45) is 0 Å². The monoisotopic (exact) mass is 307 g/mol. The van der Waals surface area contributed by atoms with Crippen LogP contribution in [0.4, 0.5) is 5.69 Å². The van der Waals surface area contributed by atoms with Gasteiger partial charge >= 0.3 is 0 Å². The van der Waals surface area contributed by atoms with Gasteiger partial charge in [0.1, 0.15) is 0 Å². The number of halogens is 1. The quantitative estimate of drug-likeness (QED) is 0.940. The third kappa shape index (κ3) is 3.05. The lowest BCUT2D eigenvalue weighted by Gasteiger charge is -2.06. The van der Waals surface area contributed by atoms with E-state index in [0.717, 1.165) is 20.9 Å². The summed E-state index contributed by atoms with van der Waals surface area (Å²) in [6, 6.07) is 7.59. The van der Waals surface area contributed by atoms with E-state index in [1.165, 1.54) is 0 Å². The summed E-state index contributed by atoms with van der Waals surface area (Å²) in [5, 5.41) is 15.2. The Bertz CT molecular complexity index is 571. The first kappa shape index (κ1) is 12.1. The van der Waals surface area contributed by atoms with Gasteiger partial charge < -0.3 is 5.32 Å². The molecule has 0 amide bonds. The van der Waals surface area contributed by atoms with Gasteiger partial charge in [0.25, 0.3) is 0 Å². The molecular weight excluding hydrogens is 298 g/mol. The second-order valence-electron chi connectivity index (χ2n) is 3.52. The molecule has 5 heteroatoms. The van der Waals surface area contributed by atoms with Crippen molar-refractivity contribution in [1.82, 2.24) is 4.98 Å². The normalized spacial score (nSPS) is 9.94. The topological polar surface area (TPSA) is 48.7 Å². The van der Waals surface area contributed by atoms with Gasteiger partial charge in [-0.15, -0.1) is 11.3 Å². The molecule has 1 aromatic heterocycles. The molecule has 0 unspecified atom stereocenters. The maximum absolute atomic E-state index is 8.76. The zero-order chi connectivity index (χ0) is 12.3. The molecule has 0 saturated carbocycles. The Morgan fingerprint density at radius 1 is 1.53 bits per heavy atom. The molecule has 0 radical (unpaired) electrons. The number of rotatable bonds is 3. The van der Waals surface area contributed by atoms with E-state index in [2.05, 4.69) is 32.3 Å². The summed E-state index contributed by atoms with van der Waals surface area (Å²) in [6.45, 7) is 2.68. The van der Waals surface area contributed by atoms with Crippen LogP contribution < -0.4 is 5.32 Å². The van der Waals surface area contributed by atoms with Crippen molar-refractivity contribution < 1.29 is 0 Å². The molecule has 86 valence electrons. The Hall–Kier alpha value is -1.38. The first-order valence-corrected chi connectivity index (χ1v) is 6.71. The van der Waals surface area contributed by atoms with Crippen molar-refractivity contribution in [2.45, 2.75) is 13.5 Å². The van der Waals surface area contributed by atoms with Gasteiger partial charge in [0.2, 0.25) is 0 Å². The number of nitrogens with zero attached hydrogens (tertiary/aromatic N) is 2.